The zero-order valence-corrected chi connectivity index (χ0v) is 12.8. The summed E-state index contributed by atoms with van der Waals surface area (Å²) >= 11 is 0. The van der Waals surface area contributed by atoms with Crippen LogP contribution in [0.4, 0.5) is 0 Å². The number of rotatable bonds is 3. The Morgan fingerprint density at radius 2 is 2.05 bits per heavy atom. The Hall–Kier alpha value is -1.69. The van der Waals surface area contributed by atoms with Crippen molar-refractivity contribution in [2.75, 3.05) is 13.1 Å². The first-order valence-corrected chi connectivity index (χ1v) is 7.40. The topological polar surface area (TPSA) is 86.3 Å². The van der Waals surface area contributed by atoms with Crippen molar-refractivity contribution in [3.05, 3.63) is 27.4 Å². The minimum atomic E-state index is -0.376. The van der Waals surface area contributed by atoms with Crippen molar-refractivity contribution in [1.82, 2.24) is 14.9 Å². The van der Waals surface area contributed by atoms with Crippen LogP contribution in [-0.4, -0.2) is 45.1 Å². The summed E-state index contributed by atoms with van der Waals surface area (Å²) in [5.41, 5.74) is 1.75. The molecule has 6 nitrogen and oxygen atoms in total. The number of carbonyl (C=O) groups excluding carboxylic acids is 1. The predicted octanol–water partition coefficient (Wildman–Crippen LogP) is 0.549. The number of aliphatic hydroxyl groups excluding tert-OH is 1. The van der Waals surface area contributed by atoms with Crippen molar-refractivity contribution in [3.8, 4) is 0 Å². The van der Waals surface area contributed by atoms with Crippen LogP contribution in [0.3, 0.4) is 0 Å². The van der Waals surface area contributed by atoms with Gasteiger partial charge in [0.15, 0.2) is 0 Å². The SMILES string of the molecule is Cc1nc(=O)[nH]c(C)c1CC(=O)N1CCC(C(C)O)CC1. The molecule has 2 N–H and O–H groups in total. The van der Waals surface area contributed by atoms with Gasteiger partial charge in [-0.25, -0.2) is 4.79 Å². The van der Waals surface area contributed by atoms with Gasteiger partial charge in [-0.2, -0.15) is 4.98 Å². The van der Waals surface area contributed by atoms with E-state index in [4.69, 9.17) is 0 Å². The van der Waals surface area contributed by atoms with Crippen LogP contribution in [0.15, 0.2) is 4.79 Å². The molecule has 0 saturated carbocycles. The number of nitrogens with one attached hydrogen (secondary N) is 1. The number of hydrogen-bond donors (Lipinski definition) is 2. The van der Waals surface area contributed by atoms with Crippen molar-refractivity contribution in [3.63, 3.8) is 0 Å². The Morgan fingerprint density at radius 1 is 1.43 bits per heavy atom. The molecular formula is C15H23N3O3. The summed E-state index contributed by atoms with van der Waals surface area (Å²) in [6.07, 6.45) is 1.63. The predicted molar refractivity (Wildman–Crippen MR) is 79.0 cm³/mol. The van der Waals surface area contributed by atoms with Crippen LogP contribution in [-0.2, 0) is 11.2 Å². The number of likely N-dealkylation sites (tertiary alicyclic amines) is 1. The Kier molecular flexibility index (Phi) is 4.77. The molecule has 21 heavy (non-hydrogen) atoms. The molecule has 2 heterocycles. The fourth-order valence-corrected chi connectivity index (χ4v) is 2.91. The largest absolute Gasteiger partial charge is 0.393 e. The fraction of sp³-hybridized carbons (Fsp3) is 0.667. The fourth-order valence-electron chi connectivity index (χ4n) is 2.91. The van der Waals surface area contributed by atoms with Gasteiger partial charge >= 0.3 is 5.69 Å². The van der Waals surface area contributed by atoms with Crippen LogP contribution in [0.2, 0.25) is 0 Å². The van der Waals surface area contributed by atoms with E-state index in [-0.39, 0.29) is 30.0 Å². The van der Waals surface area contributed by atoms with Crippen molar-refractivity contribution in [2.45, 2.75) is 46.1 Å². The van der Waals surface area contributed by atoms with Crippen LogP contribution in [0.25, 0.3) is 0 Å². The van der Waals surface area contributed by atoms with Crippen LogP contribution < -0.4 is 5.69 Å². The molecule has 1 saturated heterocycles. The molecule has 0 aliphatic carbocycles. The van der Waals surface area contributed by atoms with Gasteiger partial charge in [0.05, 0.1) is 12.5 Å². The van der Waals surface area contributed by atoms with Crippen molar-refractivity contribution in [2.24, 2.45) is 5.92 Å². The first-order chi connectivity index (χ1) is 9.88. The zero-order valence-electron chi connectivity index (χ0n) is 12.8. The van der Waals surface area contributed by atoms with E-state index in [2.05, 4.69) is 9.97 Å². The number of amides is 1. The number of aromatic amines is 1. The van der Waals surface area contributed by atoms with Crippen LogP contribution >= 0.6 is 0 Å². The maximum atomic E-state index is 12.4. The smallest absolute Gasteiger partial charge is 0.345 e. The lowest BCUT2D eigenvalue weighted by Crippen LogP contribution is -2.41. The number of carbonyl (C=O) groups is 1. The molecule has 1 aliphatic rings. The first-order valence-electron chi connectivity index (χ1n) is 7.40. The third-order valence-electron chi connectivity index (χ3n) is 4.36. The van der Waals surface area contributed by atoms with E-state index in [1.165, 1.54) is 0 Å². The second-order valence-electron chi connectivity index (χ2n) is 5.87. The lowest BCUT2D eigenvalue weighted by atomic mass is 9.92. The van der Waals surface area contributed by atoms with Gasteiger partial charge in [0.25, 0.3) is 0 Å². The quantitative estimate of drug-likeness (QED) is 0.852. The lowest BCUT2D eigenvalue weighted by molar-refractivity contribution is -0.132. The Balaban J connectivity index is 2.02. The molecule has 1 amide bonds. The van der Waals surface area contributed by atoms with E-state index in [0.717, 1.165) is 18.4 Å². The van der Waals surface area contributed by atoms with Gasteiger partial charge in [-0.1, -0.05) is 0 Å². The highest BCUT2D eigenvalue weighted by Gasteiger charge is 2.26. The maximum Gasteiger partial charge on any atom is 0.345 e. The standard InChI is InChI=1S/C15H23N3O3/c1-9-13(10(2)17-15(21)16-9)8-14(20)18-6-4-12(5-7-18)11(3)19/h11-12,19H,4-8H2,1-3H3,(H,16,17,21). The first kappa shape index (κ1) is 15.7. The van der Waals surface area contributed by atoms with Crippen LogP contribution in [0.5, 0.6) is 0 Å². The highest BCUT2D eigenvalue weighted by molar-refractivity contribution is 5.79. The van der Waals surface area contributed by atoms with Gasteiger partial charge in [-0.3, -0.25) is 4.79 Å². The van der Waals surface area contributed by atoms with Crippen molar-refractivity contribution in [1.29, 1.82) is 0 Å². The summed E-state index contributed by atoms with van der Waals surface area (Å²) in [4.78, 5) is 32.0. The molecule has 1 aliphatic heterocycles. The molecule has 1 aromatic heterocycles. The summed E-state index contributed by atoms with van der Waals surface area (Å²) in [5, 5.41) is 9.59. The van der Waals surface area contributed by atoms with Gasteiger partial charge in [-0.05, 0) is 39.5 Å². The molecule has 2 rings (SSSR count). The van der Waals surface area contributed by atoms with Gasteiger partial charge in [0.1, 0.15) is 0 Å². The number of hydrogen-bond acceptors (Lipinski definition) is 4. The maximum absolute atomic E-state index is 12.4. The normalized spacial score (nSPS) is 17.8. The number of aromatic nitrogens is 2. The van der Waals surface area contributed by atoms with E-state index in [1.807, 2.05) is 4.90 Å². The van der Waals surface area contributed by atoms with E-state index < -0.39 is 0 Å². The number of aliphatic hydroxyl groups is 1. The monoisotopic (exact) mass is 293 g/mol. The summed E-state index contributed by atoms with van der Waals surface area (Å²) in [6, 6.07) is 0. The summed E-state index contributed by atoms with van der Waals surface area (Å²) in [6.45, 7) is 6.72. The molecule has 1 aromatic rings. The number of H-pyrrole nitrogens is 1. The second-order valence-corrected chi connectivity index (χ2v) is 5.87. The minimum Gasteiger partial charge on any atom is -0.393 e. The molecular weight excluding hydrogens is 270 g/mol. The number of aryl methyl sites for hydroxylation is 2. The second kappa shape index (κ2) is 6.39. The van der Waals surface area contributed by atoms with Crippen molar-refractivity contribution < 1.29 is 9.90 Å². The highest BCUT2D eigenvalue weighted by atomic mass is 16.3. The number of nitrogens with zero attached hydrogens (tertiary/aromatic N) is 2. The molecule has 0 radical (unpaired) electrons. The molecule has 0 bridgehead atoms. The molecule has 1 unspecified atom stereocenters. The third kappa shape index (κ3) is 3.69. The molecule has 116 valence electrons. The summed E-state index contributed by atoms with van der Waals surface area (Å²) in [5.74, 6) is 0.339. The van der Waals surface area contributed by atoms with Gasteiger partial charge < -0.3 is 15.0 Å². The average Bonchev–Trinajstić information content (AvgIpc) is 2.42. The Bertz CT molecular complexity index is 546. The summed E-state index contributed by atoms with van der Waals surface area (Å²) in [7, 11) is 0. The van der Waals surface area contributed by atoms with Gasteiger partial charge in [0, 0.05) is 30.0 Å². The molecule has 6 heteroatoms. The molecule has 1 fully saturated rings. The molecule has 1 atom stereocenters. The van der Waals surface area contributed by atoms with Crippen LogP contribution in [0.1, 0.15) is 36.7 Å². The average molecular weight is 293 g/mol. The third-order valence-corrected chi connectivity index (χ3v) is 4.36. The zero-order chi connectivity index (χ0) is 15.6. The highest BCUT2D eigenvalue weighted by Crippen LogP contribution is 2.21. The van der Waals surface area contributed by atoms with E-state index in [0.29, 0.717) is 24.5 Å². The Morgan fingerprint density at radius 3 is 2.57 bits per heavy atom. The summed E-state index contributed by atoms with van der Waals surface area (Å²) < 4.78 is 0. The van der Waals surface area contributed by atoms with E-state index in [9.17, 15) is 14.7 Å². The minimum absolute atomic E-state index is 0.0547. The molecule has 0 aromatic carbocycles. The Labute approximate surface area is 124 Å². The van der Waals surface area contributed by atoms with Crippen molar-refractivity contribution >= 4 is 5.91 Å². The van der Waals surface area contributed by atoms with E-state index >= 15 is 0 Å². The lowest BCUT2D eigenvalue weighted by Gasteiger charge is -2.33. The number of piperidine rings is 1. The van der Waals surface area contributed by atoms with Crippen LogP contribution in [0, 0.1) is 19.8 Å². The molecule has 0 spiro atoms. The van der Waals surface area contributed by atoms with Gasteiger partial charge in [0.2, 0.25) is 5.91 Å². The van der Waals surface area contributed by atoms with E-state index in [1.54, 1.807) is 20.8 Å². The van der Waals surface area contributed by atoms with Gasteiger partial charge in [-0.15, -0.1) is 0 Å².